The van der Waals surface area contributed by atoms with Crippen LogP contribution in [0.1, 0.15) is 62.0 Å². The number of ether oxygens (including phenoxy) is 2. The van der Waals surface area contributed by atoms with E-state index < -0.39 is 10.8 Å². The zero-order valence-electron chi connectivity index (χ0n) is 42.7. The molecule has 1 spiro atoms. The van der Waals surface area contributed by atoms with Gasteiger partial charge in [0.15, 0.2) is 5.78 Å². The molecule has 13 atom stereocenters. The molecule has 2 aliphatic carbocycles. The first-order chi connectivity index (χ1) is 34.3. The lowest BCUT2D eigenvalue weighted by Gasteiger charge is -2.57. The molecule has 376 valence electrons. The van der Waals surface area contributed by atoms with E-state index in [0.717, 1.165) is 84.2 Å². The van der Waals surface area contributed by atoms with Gasteiger partial charge in [0.25, 0.3) is 0 Å². The van der Waals surface area contributed by atoms with Crippen LogP contribution < -0.4 is 15.4 Å². The topological polar surface area (TPSA) is 90.4 Å². The Labute approximate surface area is 431 Å². The number of benzene rings is 4. The standard InChI is InChI=1S/C58H72Cl2N8O3/c1-9-57-51-27-40(25-36-13-11-10-12-14-36)54(57)67(7)47-30-45(47)62-50-29-43(26-37-15-20-41(59)21-16-37)65(5)55-46(34-70-8)63-53(58(50,55)56(57)69)35(2)68(51)32-39-17-22-42(60)28-49(39)71-44-23-18-38(19-24-44)48-31-61-52(66(48)6)33-64(3)4/h10-24,28,31,35,40,43,45-47,50-51,53-55,62-63H,9,25-27,29-30,32-34H2,1-8H3/t35-,40+,43-,45-,46+,47+,50?,51?,53?,54?,55?,57?,58?/m0/s1. The van der Waals surface area contributed by atoms with Gasteiger partial charge in [0, 0.05) is 102 Å². The summed E-state index contributed by atoms with van der Waals surface area (Å²) in [6.45, 7) is 6.60. The average molecular weight is 1000 g/mol. The Bertz CT molecular complexity index is 2720. The molecular formula is C58H72Cl2N8O3. The molecule has 7 unspecified atom stereocenters. The number of likely N-dealkylation sites (N-methyl/N-ethyl adjacent to an activating group) is 2. The number of aromatic nitrogens is 2. The van der Waals surface area contributed by atoms with Gasteiger partial charge in [-0.3, -0.25) is 19.5 Å². The van der Waals surface area contributed by atoms with Crippen molar-refractivity contribution >= 4 is 29.0 Å². The highest BCUT2D eigenvalue weighted by Gasteiger charge is 2.78. The minimum absolute atomic E-state index is 0.0356. The zero-order valence-corrected chi connectivity index (χ0v) is 44.2. The molecule has 2 bridgehead atoms. The number of ketones is 1. The van der Waals surface area contributed by atoms with Crippen LogP contribution in [0.4, 0.5) is 0 Å². The third kappa shape index (κ3) is 8.30. The lowest BCUT2D eigenvalue weighted by molar-refractivity contribution is -0.155. The van der Waals surface area contributed by atoms with E-state index in [4.69, 9.17) is 37.7 Å². The minimum Gasteiger partial charge on any atom is -0.457 e. The maximum atomic E-state index is 17.5. The Morgan fingerprint density at radius 3 is 2.30 bits per heavy atom. The molecule has 2 saturated carbocycles. The number of halogens is 2. The van der Waals surface area contributed by atoms with Crippen LogP contribution in [0.5, 0.6) is 11.5 Å². The number of nitrogens with zero attached hydrogens (tertiary/aromatic N) is 6. The summed E-state index contributed by atoms with van der Waals surface area (Å²) in [5, 5.41) is 9.97. The third-order valence-corrected chi connectivity index (χ3v) is 18.8. The number of rotatable bonds is 14. The first kappa shape index (κ1) is 49.1. The molecule has 1 aromatic heterocycles. The van der Waals surface area contributed by atoms with Crippen molar-refractivity contribution in [1.29, 1.82) is 0 Å². The fourth-order valence-electron chi connectivity index (χ4n) is 15.2. The smallest absolute Gasteiger partial charge is 0.153 e. The van der Waals surface area contributed by atoms with Crippen LogP contribution in [0, 0.1) is 16.7 Å². The summed E-state index contributed by atoms with van der Waals surface area (Å²) in [6.07, 6.45) is 7.37. The monoisotopic (exact) mass is 999 g/mol. The molecule has 11 rings (SSSR count). The highest BCUT2D eigenvalue weighted by atomic mass is 35.5. The summed E-state index contributed by atoms with van der Waals surface area (Å²) in [6, 6.07) is 34.2. The summed E-state index contributed by atoms with van der Waals surface area (Å²) in [4.78, 5) is 32.4. The summed E-state index contributed by atoms with van der Waals surface area (Å²) < 4.78 is 15.2. The van der Waals surface area contributed by atoms with Gasteiger partial charge in [0.05, 0.1) is 35.9 Å². The first-order valence-electron chi connectivity index (χ1n) is 26.0. The van der Waals surface area contributed by atoms with Crippen molar-refractivity contribution in [3.63, 3.8) is 0 Å². The lowest BCUT2D eigenvalue weighted by Crippen LogP contribution is -2.74. The molecule has 4 saturated heterocycles. The highest BCUT2D eigenvalue weighted by Crippen LogP contribution is 2.64. The van der Waals surface area contributed by atoms with Crippen molar-refractivity contribution in [2.75, 3.05) is 41.9 Å². The Morgan fingerprint density at radius 1 is 0.845 bits per heavy atom. The summed E-state index contributed by atoms with van der Waals surface area (Å²) in [5.74, 6) is 3.18. The van der Waals surface area contributed by atoms with Crippen LogP contribution in [0.2, 0.25) is 10.0 Å². The van der Waals surface area contributed by atoms with Crippen LogP contribution in [0.25, 0.3) is 11.3 Å². The minimum atomic E-state index is -0.753. The number of hydrogen-bond acceptors (Lipinski definition) is 10. The lowest BCUT2D eigenvalue weighted by atomic mass is 9.54. The van der Waals surface area contributed by atoms with Crippen molar-refractivity contribution in [3.8, 4) is 22.8 Å². The molecule has 0 radical (unpaired) electrons. The van der Waals surface area contributed by atoms with Crippen LogP contribution in [-0.2, 0) is 42.5 Å². The van der Waals surface area contributed by atoms with Gasteiger partial charge in [-0.15, -0.1) is 0 Å². The van der Waals surface area contributed by atoms with E-state index in [1.807, 2.05) is 49.7 Å². The number of fused-ring (bicyclic) bond motifs is 1. The fraction of sp³-hybridized carbons (Fsp3) is 0.517. The van der Waals surface area contributed by atoms with Gasteiger partial charge in [-0.1, -0.05) is 78.7 Å². The maximum absolute atomic E-state index is 17.5. The van der Waals surface area contributed by atoms with Gasteiger partial charge < -0.3 is 29.6 Å². The number of hydrogen-bond donors (Lipinski definition) is 2. The van der Waals surface area contributed by atoms with Crippen molar-refractivity contribution in [2.45, 2.75) is 126 Å². The second-order valence-electron chi connectivity index (χ2n) is 22.3. The summed E-state index contributed by atoms with van der Waals surface area (Å²) >= 11 is 13.3. The van der Waals surface area contributed by atoms with Crippen molar-refractivity contribution in [3.05, 3.63) is 136 Å². The van der Waals surface area contributed by atoms with E-state index in [1.165, 1.54) is 11.1 Å². The predicted octanol–water partition coefficient (Wildman–Crippen LogP) is 8.75. The van der Waals surface area contributed by atoms with Crippen LogP contribution in [0.3, 0.4) is 0 Å². The van der Waals surface area contributed by atoms with E-state index in [0.29, 0.717) is 36.0 Å². The molecule has 11 nitrogen and oxygen atoms in total. The molecule has 5 heterocycles. The Morgan fingerprint density at radius 2 is 1.58 bits per heavy atom. The third-order valence-electron chi connectivity index (χ3n) is 18.3. The molecule has 2 N–H and O–H groups in total. The SMILES string of the molecule is CCC12C(=O)C34C5C[C@H](Cc6ccc(Cl)cc6)N(C)C3[C@@H](COC)NC4[C@H](C)N(Cc3ccc(Cl)cc3Oc3ccc(-c4cnc(CN(C)C)n4C)cc3)C1C[C@@H](Cc1ccccc1)C2N(C)[C@@H]1C[C@@H]1N5. The molecule has 6 aliphatic rings. The Hall–Kier alpha value is -4.14. The second-order valence-corrected chi connectivity index (χ2v) is 23.2. The van der Waals surface area contributed by atoms with Crippen LogP contribution >= 0.6 is 23.2 Å². The molecule has 71 heavy (non-hydrogen) atoms. The maximum Gasteiger partial charge on any atom is 0.153 e. The van der Waals surface area contributed by atoms with Gasteiger partial charge in [-0.25, -0.2) is 4.98 Å². The number of imidazole rings is 1. The number of nitrogens with one attached hydrogen (secondary N) is 2. The molecule has 0 amide bonds. The van der Waals surface area contributed by atoms with Crippen LogP contribution in [-0.4, -0.2) is 137 Å². The number of piperidine rings is 1. The fourth-order valence-corrected chi connectivity index (χ4v) is 15.5. The normalized spacial score (nSPS) is 33.6. The molecule has 13 heteroatoms. The van der Waals surface area contributed by atoms with E-state index in [9.17, 15) is 0 Å². The highest BCUT2D eigenvalue weighted by molar-refractivity contribution is 6.31. The number of likely N-dealkylation sites (tertiary alicyclic amines) is 2. The van der Waals surface area contributed by atoms with Gasteiger partial charge in [0.2, 0.25) is 0 Å². The van der Waals surface area contributed by atoms with Crippen LogP contribution in [0.15, 0.2) is 103 Å². The number of methoxy groups -OCH3 is 1. The molecular weight excluding hydrogens is 928 g/mol. The van der Waals surface area contributed by atoms with E-state index >= 15 is 4.79 Å². The molecule has 4 aliphatic heterocycles. The molecule has 6 fully saturated rings. The van der Waals surface area contributed by atoms with E-state index in [-0.39, 0.29) is 54.3 Å². The van der Waals surface area contributed by atoms with E-state index in [2.05, 4.69) is 145 Å². The Balaban J connectivity index is 1.02. The van der Waals surface area contributed by atoms with E-state index in [1.54, 1.807) is 0 Å². The zero-order chi connectivity index (χ0) is 49.5. The number of carbonyl (C=O) groups is 1. The van der Waals surface area contributed by atoms with Gasteiger partial charge in [0.1, 0.15) is 17.3 Å². The van der Waals surface area contributed by atoms with Gasteiger partial charge in [-0.2, -0.15) is 0 Å². The average Bonchev–Trinajstić information content (AvgIpc) is 3.76. The second kappa shape index (κ2) is 19.3. The van der Waals surface area contributed by atoms with Crippen molar-refractivity contribution < 1.29 is 14.3 Å². The van der Waals surface area contributed by atoms with Gasteiger partial charge in [-0.05, 0) is 139 Å². The molecule has 5 aromatic rings. The quantitative estimate of drug-likeness (QED) is 0.113. The Kier molecular flexibility index (Phi) is 13.3. The van der Waals surface area contributed by atoms with Crippen molar-refractivity contribution in [1.82, 2.24) is 39.8 Å². The first-order valence-corrected chi connectivity index (χ1v) is 26.8. The number of carbonyl (C=O) groups excluding carboxylic acids is 1. The number of Topliss-reactive ketones (excluding diaryl/α,β-unsaturated/α-hetero) is 1. The largest absolute Gasteiger partial charge is 0.457 e. The van der Waals surface area contributed by atoms with Gasteiger partial charge >= 0.3 is 0 Å². The van der Waals surface area contributed by atoms with Crippen molar-refractivity contribution in [2.24, 2.45) is 23.8 Å². The molecule has 4 aromatic carbocycles. The summed E-state index contributed by atoms with van der Waals surface area (Å²) in [7, 11) is 12.6. The predicted molar refractivity (Wildman–Crippen MR) is 283 cm³/mol. The summed E-state index contributed by atoms with van der Waals surface area (Å²) in [5.41, 5.74) is 4.33.